The van der Waals surface area contributed by atoms with Crippen LogP contribution in [0, 0.1) is 0 Å². The summed E-state index contributed by atoms with van der Waals surface area (Å²) in [6.07, 6.45) is -0.326. The number of hydrogen-bond acceptors (Lipinski definition) is 4. The van der Waals surface area contributed by atoms with E-state index < -0.39 is 17.7 Å². The van der Waals surface area contributed by atoms with Crippen LogP contribution in [0.1, 0.15) is 50.4 Å². The Bertz CT molecular complexity index is 2110. The van der Waals surface area contributed by atoms with Crippen LogP contribution in [0.4, 0.5) is 4.79 Å². The minimum Gasteiger partial charge on any atom is -0.481 e. The van der Waals surface area contributed by atoms with Gasteiger partial charge in [-0.25, -0.2) is 9.36 Å². The molecule has 6 aromatic rings. The van der Waals surface area contributed by atoms with Crippen molar-refractivity contribution in [3.8, 4) is 22.6 Å². The number of halogens is 2. The maximum atomic E-state index is 13.6. The average Bonchev–Trinajstić information content (AvgIpc) is 3.63. The first-order chi connectivity index (χ1) is 20.9. The molecule has 0 aliphatic heterocycles. The largest absolute Gasteiger partial charge is 0.481 e. The van der Waals surface area contributed by atoms with Gasteiger partial charge < -0.3 is 19.8 Å². The minimum absolute atomic E-state index is 0.0771. The second-order valence-electron chi connectivity index (χ2n) is 11.8. The Labute approximate surface area is 262 Å². The van der Waals surface area contributed by atoms with Gasteiger partial charge in [0.1, 0.15) is 5.60 Å². The highest BCUT2D eigenvalue weighted by Gasteiger charge is 2.25. The number of aliphatic carboxylic acids is 1. The number of aromatic nitrogens is 3. The molecule has 0 saturated carbocycles. The fourth-order valence-corrected chi connectivity index (χ4v) is 5.88. The van der Waals surface area contributed by atoms with Gasteiger partial charge in [-0.1, -0.05) is 35.3 Å². The van der Waals surface area contributed by atoms with E-state index in [1.807, 2.05) is 63.2 Å². The fraction of sp³-hybridized carbons (Fsp3) is 0.206. The summed E-state index contributed by atoms with van der Waals surface area (Å²) in [5.74, 6) is -1.12. The first-order valence-corrected chi connectivity index (χ1v) is 14.9. The van der Waals surface area contributed by atoms with E-state index in [9.17, 15) is 14.4 Å². The number of hydrogen-bond donors (Lipinski definition) is 3. The third-order valence-corrected chi connectivity index (χ3v) is 7.83. The predicted octanol–water partition coefficient (Wildman–Crippen LogP) is 9.47. The quantitative estimate of drug-likeness (QED) is 0.152. The third-order valence-electron chi connectivity index (χ3n) is 7.36. The second kappa shape index (κ2) is 11.2. The van der Waals surface area contributed by atoms with Gasteiger partial charge in [-0.3, -0.25) is 9.59 Å². The number of ketones is 1. The van der Waals surface area contributed by atoms with Crippen molar-refractivity contribution in [3.05, 3.63) is 82.3 Å². The molecule has 0 unspecified atom stereocenters. The lowest BCUT2D eigenvalue weighted by Crippen LogP contribution is -2.27. The SMILES string of the molecule is CC(C)(C)OC(=O)n1c(-c2ccc3c(C(=O)CCCC(=O)O)c(-c4cc5cc(Cl)ccc5[nH]4)[nH]c3c2)cc2cc(Cl)ccc21. The standard InChI is InChI=1S/C34H29Cl2N3O5/c1-34(2,3)44-33(43)39-27-12-9-22(36)14-20(27)17-28(39)18-7-10-23-25(15-18)38-32(31(23)29(40)5-4-6-30(41)42)26-16-19-13-21(35)8-11-24(19)37-26/h7-17,37-38H,4-6H2,1-3H3,(H,41,42). The molecule has 0 radical (unpaired) electrons. The lowest BCUT2D eigenvalue weighted by Gasteiger charge is -2.21. The molecule has 3 aromatic carbocycles. The molecular formula is C34H29Cl2N3O5. The molecule has 3 N–H and O–H groups in total. The van der Waals surface area contributed by atoms with Crippen molar-refractivity contribution in [2.45, 2.75) is 45.6 Å². The van der Waals surface area contributed by atoms with E-state index in [0.29, 0.717) is 49.1 Å². The molecule has 0 saturated heterocycles. The lowest BCUT2D eigenvalue weighted by molar-refractivity contribution is -0.137. The Kier molecular flexibility index (Phi) is 7.51. The van der Waals surface area contributed by atoms with Gasteiger partial charge in [0.2, 0.25) is 0 Å². The van der Waals surface area contributed by atoms with Gasteiger partial charge >= 0.3 is 12.1 Å². The van der Waals surface area contributed by atoms with Crippen LogP contribution in [-0.4, -0.2) is 43.1 Å². The van der Waals surface area contributed by atoms with Gasteiger partial charge in [-0.05, 0) is 81.8 Å². The summed E-state index contributed by atoms with van der Waals surface area (Å²) in [7, 11) is 0. The van der Waals surface area contributed by atoms with Crippen LogP contribution < -0.4 is 0 Å². The van der Waals surface area contributed by atoms with E-state index in [2.05, 4.69) is 9.97 Å². The number of carbonyl (C=O) groups excluding carboxylic acids is 2. The van der Waals surface area contributed by atoms with Crippen LogP contribution in [-0.2, 0) is 9.53 Å². The van der Waals surface area contributed by atoms with Gasteiger partial charge in [0.25, 0.3) is 0 Å². The molecule has 0 fully saturated rings. The monoisotopic (exact) mass is 629 g/mol. The van der Waals surface area contributed by atoms with Crippen molar-refractivity contribution in [2.24, 2.45) is 0 Å². The van der Waals surface area contributed by atoms with Gasteiger partial charge in [-0.2, -0.15) is 0 Å². The average molecular weight is 631 g/mol. The maximum absolute atomic E-state index is 13.6. The van der Waals surface area contributed by atoms with Crippen LogP contribution >= 0.6 is 23.2 Å². The summed E-state index contributed by atoms with van der Waals surface area (Å²) >= 11 is 12.5. The lowest BCUT2D eigenvalue weighted by atomic mass is 9.99. The maximum Gasteiger partial charge on any atom is 0.419 e. The predicted molar refractivity (Wildman–Crippen MR) is 174 cm³/mol. The fourth-order valence-electron chi connectivity index (χ4n) is 5.51. The number of rotatable bonds is 7. The van der Waals surface area contributed by atoms with Crippen LogP contribution in [0.25, 0.3) is 55.4 Å². The molecule has 3 heterocycles. The second-order valence-corrected chi connectivity index (χ2v) is 12.6. The third kappa shape index (κ3) is 5.70. The number of carboxylic acid groups (broad SMARTS) is 1. The molecule has 6 rings (SSSR count). The van der Waals surface area contributed by atoms with Gasteiger partial charge in [-0.15, -0.1) is 0 Å². The topological polar surface area (TPSA) is 117 Å². The number of carbonyl (C=O) groups is 3. The molecular weight excluding hydrogens is 601 g/mol. The van der Waals surface area contributed by atoms with Crippen molar-refractivity contribution < 1.29 is 24.2 Å². The molecule has 0 spiro atoms. The highest BCUT2D eigenvalue weighted by atomic mass is 35.5. The number of H-pyrrole nitrogens is 2. The van der Waals surface area contributed by atoms with E-state index in [4.69, 9.17) is 33.0 Å². The molecule has 3 aromatic heterocycles. The van der Waals surface area contributed by atoms with Crippen LogP contribution in [0.2, 0.25) is 10.0 Å². The summed E-state index contributed by atoms with van der Waals surface area (Å²) in [6.45, 7) is 5.44. The molecule has 0 aliphatic rings. The van der Waals surface area contributed by atoms with Crippen LogP contribution in [0.3, 0.4) is 0 Å². The number of ether oxygens (including phenoxy) is 1. The Balaban J connectivity index is 1.52. The number of Topliss-reactive ketones (excluding diaryl/α,β-unsaturated/α-hetero) is 1. The molecule has 224 valence electrons. The Morgan fingerprint density at radius 3 is 2.30 bits per heavy atom. The molecule has 8 nitrogen and oxygen atoms in total. The van der Waals surface area contributed by atoms with Crippen LogP contribution in [0.5, 0.6) is 0 Å². The number of nitrogens with one attached hydrogen (secondary N) is 2. The number of fused-ring (bicyclic) bond motifs is 3. The Morgan fingerprint density at radius 2 is 1.57 bits per heavy atom. The van der Waals surface area contributed by atoms with E-state index in [1.54, 1.807) is 24.3 Å². The smallest absolute Gasteiger partial charge is 0.419 e. The molecule has 0 amide bonds. The molecule has 0 aliphatic carbocycles. The zero-order valence-corrected chi connectivity index (χ0v) is 25.8. The zero-order valence-electron chi connectivity index (χ0n) is 24.3. The first-order valence-electron chi connectivity index (χ1n) is 14.1. The Morgan fingerprint density at radius 1 is 0.841 bits per heavy atom. The van der Waals surface area contributed by atoms with Crippen molar-refractivity contribution in [2.75, 3.05) is 0 Å². The van der Waals surface area contributed by atoms with Gasteiger partial charge in [0.05, 0.1) is 28.2 Å². The zero-order chi connectivity index (χ0) is 31.3. The van der Waals surface area contributed by atoms with E-state index in [0.717, 1.165) is 21.9 Å². The Hall–Kier alpha value is -4.53. The van der Waals surface area contributed by atoms with Crippen LogP contribution in [0.15, 0.2) is 66.7 Å². The number of nitrogens with zero attached hydrogens (tertiary/aromatic N) is 1. The highest BCUT2D eigenvalue weighted by molar-refractivity contribution is 6.31. The highest BCUT2D eigenvalue weighted by Crippen LogP contribution is 2.37. The summed E-state index contributed by atoms with van der Waals surface area (Å²) < 4.78 is 7.29. The molecule has 0 atom stereocenters. The summed E-state index contributed by atoms with van der Waals surface area (Å²) in [6, 6.07) is 20.2. The van der Waals surface area contributed by atoms with E-state index in [1.165, 1.54) is 4.57 Å². The van der Waals surface area contributed by atoms with E-state index in [-0.39, 0.29) is 25.0 Å². The van der Waals surface area contributed by atoms with Crippen molar-refractivity contribution >= 4 is 73.8 Å². The normalized spacial score (nSPS) is 11.9. The van der Waals surface area contributed by atoms with Crippen molar-refractivity contribution in [3.63, 3.8) is 0 Å². The first kappa shape index (κ1) is 29.5. The van der Waals surface area contributed by atoms with Gasteiger partial charge in [0.15, 0.2) is 5.78 Å². The molecule has 10 heteroatoms. The summed E-state index contributed by atoms with van der Waals surface area (Å²) in [5, 5.41) is 12.6. The van der Waals surface area contributed by atoms with Crippen molar-refractivity contribution in [1.29, 1.82) is 0 Å². The number of carboxylic acids is 1. The van der Waals surface area contributed by atoms with Crippen molar-refractivity contribution in [1.82, 2.24) is 14.5 Å². The summed E-state index contributed by atoms with van der Waals surface area (Å²) in [4.78, 5) is 45.0. The molecule has 44 heavy (non-hydrogen) atoms. The minimum atomic E-state index is -0.948. The number of aromatic amines is 2. The number of benzene rings is 3. The van der Waals surface area contributed by atoms with Gasteiger partial charge in [0, 0.05) is 55.6 Å². The molecule has 0 bridgehead atoms. The van der Waals surface area contributed by atoms with E-state index >= 15 is 0 Å². The summed E-state index contributed by atoms with van der Waals surface area (Å²) in [5.41, 5.74) is 4.54.